The molecule has 0 aliphatic rings. The van der Waals surface area contributed by atoms with Crippen LogP contribution in [0, 0.1) is 5.92 Å². The first-order valence-electron chi connectivity index (χ1n) is 7.06. The van der Waals surface area contributed by atoms with E-state index in [-0.39, 0.29) is 11.9 Å². The van der Waals surface area contributed by atoms with Crippen LogP contribution in [0.1, 0.15) is 51.1 Å². The van der Waals surface area contributed by atoms with Crippen molar-refractivity contribution in [1.29, 1.82) is 0 Å². The maximum Gasteiger partial charge on any atom is 0.220 e. The van der Waals surface area contributed by atoms with Crippen LogP contribution in [0.2, 0.25) is 0 Å². The van der Waals surface area contributed by atoms with E-state index in [4.69, 9.17) is 5.73 Å². The summed E-state index contributed by atoms with van der Waals surface area (Å²) in [6.07, 6.45) is 7.10. The lowest BCUT2D eigenvalue weighted by molar-refractivity contribution is -0.122. The predicted octanol–water partition coefficient (Wildman–Crippen LogP) is 2.41. The van der Waals surface area contributed by atoms with E-state index in [0.717, 1.165) is 24.8 Å². The van der Waals surface area contributed by atoms with E-state index in [9.17, 15) is 4.79 Å². The molecule has 0 aliphatic heterocycles. The monoisotopic (exact) mass is 263 g/mol. The fourth-order valence-corrected chi connectivity index (χ4v) is 2.15. The minimum Gasteiger partial charge on any atom is -0.350 e. The summed E-state index contributed by atoms with van der Waals surface area (Å²) in [6.45, 7) is 4.83. The Morgan fingerprint density at radius 1 is 1.47 bits per heavy atom. The molecule has 0 fully saturated rings. The molecule has 0 radical (unpaired) electrons. The Balaban J connectivity index is 2.35. The zero-order valence-corrected chi connectivity index (χ0v) is 11.9. The third kappa shape index (κ3) is 5.83. The number of carbonyl (C=O) groups is 1. The number of rotatable bonds is 8. The van der Waals surface area contributed by atoms with Gasteiger partial charge in [0, 0.05) is 18.8 Å². The molecule has 0 aliphatic carbocycles. The van der Waals surface area contributed by atoms with E-state index in [1.165, 1.54) is 0 Å². The lowest BCUT2D eigenvalue weighted by Crippen LogP contribution is -2.27. The highest BCUT2D eigenvalue weighted by molar-refractivity contribution is 5.76. The minimum atomic E-state index is 0.00999. The van der Waals surface area contributed by atoms with Crippen molar-refractivity contribution in [2.45, 2.75) is 45.6 Å². The molecule has 3 N–H and O–H groups in total. The normalized spacial score (nSPS) is 13.8. The molecule has 0 spiro atoms. The summed E-state index contributed by atoms with van der Waals surface area (Å²) in [4.78, 5) is 15.9. The molecule has 1 unspecified atom stereocenters. The molecule has 1 rings (SSSR count). The number of amides is 1. The van der Waals surface area contributed by atoms with Crippen molar-refractivity contribution in [3.8, 4) is 0 Å². The average molecular weight is 263 g/mol. The van der Waals surface area contributed by atoms with Gasteiger partial charge in [-0.2, -0.15) is 0 Å². The lowest BCUT2D eigenvalue weighted by Gasteiger charge is -2.16. The Kier molecular flexibility index (Phi) is 7.11. The van der Waals surface area contributed by atoms with Crippen LogP contribution < -0.4 is 11.1 Å². The molecule has 0 saturated carbocycles. The fourth-order valence-electron chi connectivity index (χ4n) is 2.15. The van der Waals surface area contributed by atoms with Crippen molar-refractivity contribution in [3.63, 3.8) is 0 Å². The quantitative estimate of drug-likeness (QED) is 0.757. The van der Waals surface area contributed by atoms with Gasteiger partial charge in [0.25, 0.3) is 0 Å². The maximum absolute atomic E-state index is 11.9. The Morgan fingerprint density at radius 2 is 2.26 bits per heavy atom. The van der Waals surface area contributed by atoms with Gasteiger partial charge in [-0.3, -0.25) is 9.78 Å². The highest BCUT2D eigenvalue weighted by Gasteiger charge is 2.12. The number of nitrogens with two attached hydrogens (primary N) is 1. The smallest absolute Gasteiger partial charge is 0.220 e. The number of nitrogens with one attached hydrogen (secondary N) is 1. The zero-order chi connectivity index (χ0) is 14.1. The van der Waals surface area contributed by atoms with Crippen molar-refractivity contribution >= 4 is 5.91 Å². The molecule has 0 aromatic carbocycles. The minimum absolute atomic E-state index is 0.00999. The summed E-state index contributed by atoms with van der Waals surface area (Å²) in [5.74, 6) is 0.663. The van der Waals surface area contributed by atoms with Crippen LogP contribution in [0.3, 0.4) is 0 Å². The SMILES string of the molecule is CCC(CCN)CCC(=O)N[C@@H](C)c1cccnc1. The molecule has 4 nitrogen and oxygen atoms in total. The second-order valence-corrected chi connectivity index (χ2v) is 4.97. The molecule has 1 aromatic rings. The summed E-state index contributed by atoms with van der Waals surface area (Å²) in [7, 11) is 0. The molecule has 1 heterocycles. The van der Waals surface area contributed by atoms with Gasteiger partial charge in [-0.05, 0) is 43.9 Å². The van der Waals surface area contributed by atoms with Gasteiger partial charge in [-0.15, -0.1) is 0 Å². The van der Waals surface area contributed by atoms with Crippen LogP contribution >= 0.6 is 0 Å². The highest BCUT2D eigenvalue weighted by Crippen LogP contribution is 2.15. The van der Waals surface area contributed by atoms with Gasteiger partial charge in [0.1, 0.15) is 0 Å². The summed E-state index contributed by atoms with van der Waals surface area (Å²) in [6, 6.07) is 3.86. The Labute approximate surface area is 115 Å². The highest BCUT2D eigenvalue weighted by atomic mass is 16.1. The van der Waals surface area contributed by atoms with Gasteiger partial charge in [0.2, 0.25) is 5.91 Å². The third-order valence-corrected chi connectivity index (χ3v) is 3.49. The average Bonchev–Trinajstić information content (AvgIpc) is 2.44. The van der Waals surface area contributed by atoms with Crippen LogP contribution in [-0.4, -0.2) is 17.4 Å². The van der Waals surface area contributed by atoms with Gasteiger partial charge < -0.3 is 11.1 Å². The van der Waals surface area contributed by atoms with E-state index < -0.39 is 0 Å². The first kappa shape index (κ1) is 15.6. The van der Waals surface area contributed by atoms with E-state index in [0.29, 0.717) is 18.9 Å². The summed E-state index contributed by atoms with van der Waals surface area (Å²) < 4.78 is 0. The molecule has 106 valence electrons. The number of carbonyl (C=O) groups excluding carboxylic acids is 1. The number of nitrogens with zero attached hydrogens (tertiary/aromatic N) is 1. The van der Waals surface area contributed by atoms with E-state index in [1.807, 2.05) is 19.1 Å². The molecule has 1 amide bonds. The molecule has 4 heteroatoms. The number of aromatic nitrogens is 1. The fraction of sp³-hybridized carbons (Fsp3) is 0.600. The number of hydrogen-bond acceptors (Lipinski definition) is 3. The molecule has 1 aromatic heterocycles. The largest absolute Gasteiger partial charge is 0.350 e. The van der Waals surface area contributed by atoms with Crippen molar-refractivity contribution in [1.82, 2.24) is 10.3 Å². The van der Waals surface area contributed by atoms with Gasteiger partial charge >= 0.3 is 0 Å². The Bertz CT molecular complexity index is 367. The molecular formula is C15H25N3O. The van der Waals surface area contributed by atoms with Crippen molar-refractivity contribution < 1.29 is 4.79 Å². The summed E-state index contributed by atoms with van der Waals surface area (Å²) >= 11 is 0. The van der Waals surface area contributed by atoms with Gasteiger partial charge in [0.15, 0.2) is 0 Å². The number of hydrogen-bond donors (Lipinski definition) is 2. The molecular weight excluding hydrogens is 238 g/mol. The van der Waals surface area contributed by atoms with Crippen molar-refractivity contribution in [3.05, 3.63) is 30.1 Å². The van der Waals surface area contributed by atoms with Crippen molar-refractivity contribution in [2.75, 3.05) is 6.54 Å². The maximum atomic E-state index is 11.9. The van der Waals surface area contributed by atoms with E-state index in [2.05, 4.69) is 17.2 Å². The second kappa shape index (κ2) is 8.64. The van der Waals surface area contributed by atoms with Gasteiger partial charge in [0.05, 0.1) is 6.04 Å². The Morgan fingerprint density at radius 3 is 2.84 bits per heavy atom. The van der Waals surface area contributed by atoms with Gasteiger partial charge in [-0.25, -0.2) is 0 Å². The van der Waals surface area contributed by atoms with E-state index >= 15 is 0 Å². The Hall–Kier alpha value is -1.42. The first-order valence-corrected chi connectivity index (χ1v) is 7.06. The van der Waals surface area contributed by atoms with Crippen LogP contribution in [0.15, 0.2) is 24.5 Å². The second-order valence-electron chi connectivity index (χ2n) is 4.97. The van der Waals surface area contributed by atoms with Crippen LogP contribution in [-0.2, 0) is 4.79 Å². The van der Waals surface area contributed by atoms with Crippen LogP contribution in [0.5, 0.6) is 0 Å². The predicted molar refractivity (Wildman–Crippen MR) is 77.5 cm³/mol. The summed E-state index contributed by atoms with van der Waals surface area (Å²) in [5.41, 5.74) is 6.59. The molecule has 2 atom stereocenters. The summed E-state index contributed by atoms with van der Waals surface area (Å²) in [5, 5.41) is 3.01. The molecule has 0 bridgehead atoms. The number of pyridine rings is 1. The van der Waals surface area contributed by atoms with Gasteiger partial charge in [-0.1, -0.05) is 19.4 Å². The van der Waals surface area contributed by atoms with Crippen LogP contribution in [0.25, 0.3) is 0 Å². The zero-order valence-electron chi connectivity index (χ0n) is 11.9. The standard InChI is InChI=1S/C15H25N3O/c1-3-13(8-9-16)6-7-15(19)18-12(2)14-5-4-10-17-11-14/h4-5,10-13H,3,6-9,16H2,1-2H3,(H,18,19)/t12-,13?/m0/s1. The van der Waals surface area contributed by atoms with E-state index in [1.54, 1.807) is 12.4 Å². The first-order chi connectivity index (χ1) is 9.17. The molecule has 19 heavy (non-hydrogen) atoms. The third-order valence-electron chi connectivity index (χ3n) is 3.49. The molecule has 0 saturated heterocycles. The van der Waals surface area contributed by atoms with Crippen LogP contribution in [0.4, 0.5) is 0 Å². The topological polar surface area (TPSA) is 68.0 Å². The van der Waals surface area contributed by atoms with Crippen molar-refractivity contribution in [2.24, 2.45) is 11.7 Å². The lowest BCUT2D eigenvalue weighted by atomic mass is 9.96.